The first-order chi connectivity index (χ1) is 14.9. The molecule has 0 spiro atoms. The molecule has 0 radical (unpaired) electrons. The molecule has 2 aliphatic rings. The normalized spacial score (nSPS) is 19.2. The highest BCUT2D eigenvalue weighted by Gasteiger charge is 2.34. The summed E-state index contributed by atoms with van der Waals surface area (Å²) in [7, 11) is 0. The van der Waals surface area contributed by atoms with E-state index in [-0.39, 0.29) is 23.9 Å². The van der Waals surface area contributed by atoms with E-state index in [0.29, 0.717) is 31.0 Å². The molecule has 31 heavy (non-hydrogen) atoms. The molecule has 1 atom stereocenters. The summed E-state index contributed by atoms with van der Waals surface area (Å²) in [4.78, 5) is 39.1. The summed E-state index contributed by atoms with van der Waals surface area (Å²) in [6.07, 6.45) is 6.56. The van der Waals surface area contributed by atoms with Crippen LogP contribution in [0.2, 0.25) is 0 Å². The lowest BCUT2D eigenvalue weighted by atomic mass is 9.96. The van der Waals surface area contributed by atoms with Gasteiger partial charge in [0.2, 0.25) is 11.8 Å². The van der Waals surface area contributed by atoms with Crippen LogP contribution in [0.5, 0.6) is 0 Å². The Morgan fingerprint density at radius 3 is 2.61 bits per heavy atom. The molecular weight excluding hydrogens is 412 g/mol. The fourth-order valence-electron chi connectivity index (χ4n) is 4.02. The Balaban J connectivity index is 1.40. The number of thioether (sulfide) groups is 1. The predicted molar refractivity (Wildman–Crippen MR) is 125 cm³/mol. The zero-order chi connectivity index (χ0) is 22.2. The maximum Gasteiger partial charge on any atom is 0.315 e. The van der Waals surface area contributed by atoms with Crippen molar-refractivity contribution in [3.05, 3.63) is 29.3 Å². The Hall–Kier alpha value is -2.22. The molecule has 3 rings (SSSR count). The summed E-state index contributed by atoms with van der Waals surface area (Å²) in [5.41, 5.74) is 3.05. The topological polar surface area (TPSA) is 90.5 Å². The number of anilines is 1. The van der Waals surface area contributed by atoms with Crippen molar-refractivity contribution in [2.45, 2.75) is 70.9 Å². The summed E-state index contributed by atoms with van der Waals surface area (Å²) in [6.45, 7) is 4.49. The summed E-state index contributed by atoms with van der Waals surface area (Å²) in [5, 5.41) is 8.81. The summed E-state index contributed by atoms with van der Waals surface area (Å²) in [5.74, 6) is 0.940. The van der Waals surface area contributed by atoms with Gasteiger partial charge in [0.15, 0.2) is 0 Å². The van der Waals surface area contributed by atoms with E-state index >= 15 is 0 Å². The molecule has 1 aliphatic carbocycles. The molecule has 7 nitrogen and oxygen atoms in total. The van der Waals surface area contributed by atoms with Crippen molar-refractivity contribution in [3.8, 4) is 0 Å². The van der Waals surface area contributed by atoms with Crippen molar-refractivity contribution < 1.29 is 14.4 Å². The molecule has 1 heterocycles. The third-order valence-electron chi connectivity index (χ3n) is 6.07. The fraction of sp³-hybridized carbons (Fsp3) is 0.609. The van der Waals surface area contributed by atoms with Crippen molar-refractivity contribution in [2.75, 3.05) is 23.5 Å². The maximum absolute atomic E-state index is 12.8. The molecule has 170 valence electrons. The van der Waals surface area contributed by atoms with Crippen molar-refractivity contribution in [1.82, 2.24) is 15.5 Å². The third-order valence-corrected chi connectivity index (χ3v) is 7.09. The van der Waals surface area contributed by atoms with Crippen LogP contribution in [0.3, 0.4) is 0 Å². The minimum atomic E-state index is -0.457. The van der Waals surface area contributed by atoms with E-state index in [0.717, 1.165) is 24.1 Å². The van der Waals surface area contributed by atoms with Crippen LogP contribution in [0.25, 0.3) is 0 Å². The quantitative estimate of drug-likeness (QED) is 0.559. The minimum Gasteiger partial charge on any atom is -0.338 e. The van der Waals surface area contributed by atoms with E-state index in [2.05, 4.69) is 16.0 Å². The summed E-state index contributed by atoms with van der Waals surface area (Å²) in [6, 6.07) is 5.48. The lowest BCUT2D eigenvalue weighted by molar-refractivity contribution is -0.136. The molecule has 1 aromatic carbocycles. The van der Waals surface area contributed by atoms with Gasteiger partial charge in [-0.2, -0.15) is 0 Å². The number of nitrogens with zero attached hydrogens (tertiary/aromatic N) is 1. The molecule has 1 aliphatic heterocycles. The maximum atomic E-state index is 12.8. The lowest BCUT2D eigenvalue weighted by Gasteiger charge is -2.24. The minimum absolute atomic E-state index is 0.0419. The number of nitrogens with one attached hydrogen (secondary N) is 3. The van der Waals surface area contributed by atoms with Crippen LogP contribution in [0, 0.1) is 13.8 Å². The number of urea groups is 1. The van der Waals surface area contributed by atoms with Crippen molar-refractivity contribution >= 4 is 35.3 Å². The van der Waals surface area contributed by atoms with Crippen molar-refractivity contribution in [1.29, 1.82) is 0 Å². The number of hydrogen-bond donors (Lipinski definition) is 3. The molecule has 0 aromatic heterocycles. The van der Waals surface area contributed by atoms with Gasteiger partial charge in [0.1, 0.15) is 6.04 Å². The number of rotatable bonds is 7. The number of hydrogen-bond acceptors (Lipinski definition) is 4. The summed E-state index contributed by atoms with van der Waals surface area (Å²) < 4.78 is 0. The Bertz CT molecular complexity index is 795. The van der Waals surface area contributed by atoms with Gasteiger partial charge in [-0.05, 0) is 56.4 Å². The largest absolute Gasteiger partial charge is 0.338 e. The first-order valence-corrected chi connectivity index (χ1v) is 12.4. The van der Waals surface area contributed by atoms with E-state index in [4.69, 9.17) is 0 Å². The number of amides is 4. The number of carbonyl (C=O) groups is 3. The molecule has 1 saturated carbocycles. The number of carbonyl (C=O) groups excluding carboxylic acids is 3. The van der Waals surface area contributed by atoms with E-state index < -0.39 is 6.04 Å². The van der Waals surface area contributed by atoms with Gasteiger partial charge < -0.3 is 20.9 Å². The predicted octanol–water partition coefficient (Wildman–Crippen LogP) is 3.56. The van der Waals surface area contributed by atoms with Crippen LogP contribution < -0.4 is 16.0 Å². The van der Waals surface area contributed by atoms with Gasteiger partial charge in [0.25, 0.3) is 0 Å². The van der Waals surface area contributed by atoms with Crippen molar-refractivity contribution in [3.63, 3.8) is 0 Å². The van der Waals surface area contributed by atoms with Crippen LogP contribution in [-0.2, 0) is 9.59 Å². The highest BCUT2D eigenvalue weighted by atomic mass is 32.2. The van der Waals surface area contributed by atoms with Gasteiger partial charge in [-0.15, -0.1) is 11.8 Å². The van der Waals surface area contributed by atoms with Crippen LogP contribution in [0.15, 0.2) is 18.2 Å². The van der Waals surface area contributed by atoms with Gasteiger partial charge in [-0.3, -0.25) is 9.59 Å². The van der Waals surface area contributed by atoms with Crippen LogP contribution in [0.1, 0.15) is 56.1 Å². The monoisotopic (exact) mass is 446 g/mol. The third kappa shape index (κ3) is 6.89. The first-order valence-electron chi connectivity index (χ1n) is 11.2. The van der Waals surface area contributed by atoms with E-state index in [9.17, 15) is 14.4 Å². The Kier molecular flexibility index (Phi) is 8.63. The van der Waals surface area contributed by atoms with Crippen LogP contribution in [0.4, 0.5) is 10.5 Å². The van der Waals surface area contributed by atoms with E-state index in [1.165, 1.54) is 24.8 Å². The van der Waals surface area contributed by atoms with Crippen LogP contribution >= 0.6 is 11.8 Å². The lowest BCUT2D eigenvalue weighted by Crippen LogP contribution is -2.45. The zero-order valence-corrected chi connectivity index (χ0v) is 19.4. The Morgan fingerprint density at radius 2 is 1.87 bits per heavy atom. The second-order valence-corrected chi connectivity index (χ2v) is 9.51. The molecule has 1 saturated heterocycles. The highest BCUT2D eigenvalue weighted by Crippen LogP contribution is 2.24. The van der Waals surface area contributed by atoms with Gasteiger partial charge in [-0.25, -0.2) is 4.79 Å². The molecule has 8 heteroatoms. The highest BCUT2D eigenvalue weighted by molar-refractivity contribution is 7.99. The summed E-state index contributed by atoms with van der Waals surface area (Å²) >= 11 is 1.59. The molecule has 3 N–H and O–H groups in total. The Labute approximate surface area is 189 Å². The van der Waals surface area contributed by atoms with Gasteiger partial charge in [-0.1, -0.05) is 25.3 Å². The molecule has 0 bridgehead atoms. The smallest absolute Gasteiger partial charge is 0.315 e. The van der Waals surface area contributed by atoms with E-state index in [1.807, 2.05) is 32.0 Å². The van der Waals surface area contributed by atoms with Gasteiger partial charge >= 0.3 is 6.03 Å². The Morgan fingerprint density at radius 1 is 1.10 bits per heavy atom. The SMILES string of the molecule is Cc1ccc(NC(=O)C2CSCN2C(=O)CCCNC(=O)NC2CCCCC2)cc1C. The van der Waals surface area contributed by atoms with Crippen LogP contribution in [-0.4, -0.2) is 53.0 Å². The van der Waals surface area contributed by atoms with E-state index in [1.54, 1.807) is 16.7 Å². The molecule has 4 amide bonds. The molecule has 1 unspecified atom stereocenters. The first kappa shape index (κ1) is 23.4. The number of aryl methyl sites for hydroxylation is 2. The standard InChI is InChI=1S/C23H34N4O3S/c1-16-10-11-19(13-17(16)2)25-22(29)20-14-31-15-27(20)21(28)9-6-12-24-23(30)26-18-7-4-3-5-8-18/h10-11,13,18,20H,3-9,12,14-15H2,1-2H3,(H,25,29)(H2,24,26,30). The van der Waals surface area contributed by atoms with Crippen molar-refractivity contribution in [2.24, 2.45) is 0 Å². The molecule has 2 fully saturated rings. The average molecular weight is 447 g/mol. The zero-order valence-electron chi connectivity index (χ0n) is 18.5. The fourth-order valence-corrected chi connectivity index (χ4v) is 5.20. The molecule has 1 aromatic rings. The molecular formula is C23H34N4O3S. The second-order valence-electron chi connectivity index (χ2n) is 8.51. The second kappa shape index (κ2) is 11.4. The number of benzene rings is 1. The average Bonchev–Trinajstić information content (AvgIpc) is 3.25. The van der Waals surface area contributed by atoms with Gasteiger partial charge in [0.05, 0.1) is 5.88 Å². The van der Waals surface area contributed by atoms with Gasteiger partial charge in [0, 0.05) is 30.4 Å².